The first-order valence-electron chi connectivity index (χ1n) is 7.60. The second-order valence-corrected chi connectivity index (χ2v) is 5.94. The van der Waals surface area contributed by atoms with Crippen molar-refractivity contribution in [2.24, 2.45) is 0 Å². The third kappa shape index (κ3) is 3.16. The fourth-order valence-electron chi connectivity index (χ4n) is 2.71. The molecule has 1 aromatic heterocycles. The summed E-state index contributed by atoms with van der Waals surface area (Å²) in [5.41, 5.74) is 3.27. The van der Waals surface area contributed by atoms with Gasteiger partial charge in [0.2, 0.25) is 0 Å². The summed E-state index contributed by atoms with van der Waals surface area (Å²) < 4.78 is 0. The zero-order valence-corrected chi connectivity index (χ0v) is 13.6. The lowest BCUT2D eigenvalue weighted by atomic mass is 10.2. The van der Waals surface area contributed by atoms with Crippen molar-refractivity contribution < 1.29 is 0 Å². The molecule has 0 fully saturated rings. The molecule has 2 aromatic carbocycles. The molecule has 3 aromatic rings. The molecule has 4 heteroatoms. The second-order valence-electron chi connectivity index (χ2n) is 5.51. The quantitative estimate of drug-likeness (QED) is 0.733. The van der Waals surface area contributed by atoms with Crippen LogP contribution in [0.5, 0.6) is 0 Å². The second kappa shape index (κ2) is 6.51. The fourth-order valence-corrected chi connectivity index (χ4v) is 2.88. The van der Waals surface area contributed by atoms with E-state index in [0.717, 1.165) is 35.0 Å². The molecule has 0 aliphatic heterocycles. The van der Waals surface area contributed by atoms with Gasteiger partial charge in [-0.05, 0) is 37.2 Å². The van der Waals surface area contributed by atoms with Crippen molar-refractivity contribution in [1.82, 2.24) is 14.9 Å². The van der Waals surface area contributed by atoms with Crippen molar-refractivity contribution in [2.45, 2.75) is 26.4 Å². The predicted octanol–water partition coefficient (Wildman–Crippen LogP) is 4.80. The van der Waals surface area contributed by atoms with E-state index < -0.39 is 0 Å². The van der Waals surface area contributed by atoms with Crippen LogP contribution in [0.4, 0.5) is 0 Å². The summed E-state index contributed by atoms with van der Waals surface area (Å²) in [4.78, 5) is 10.5. The first-order valence-corrected chi connectivity index (χ1v) is 7.98. The van der Waals surface area contributed by atoms with Crippen LogP contribution >= 0.6 is 11.6 Å². The maximum Gasteiger partial charge on any atom is 0.124 e. The number of rotatable bonds is 5. The Morgan fingerprint density at radius 3 is 2.68 bits per heavy atom. The molecule has 3 rings (SSSR count). The van der Waals surface area contributed by atoms with E-state index in [1.54, 1.807) is 0 Å². The number of aromatic amines is 1. The monoisotopic (exact) mass is 313 g/mol. The summed E-state index contributed by atoms with van der Waals surface area (Å²) in [5, 5.41) is 0.729. The van der Waals surface area contributed by atoms with Crippen LogP contribution in [0.1, 0.15) is 31.3 Å². The molecule has 0 saturated carbocycles. The summed E-state index contributed by atoms with van der Waals surface area (Å²) in [6.45, 7) is 6.24. The average Bonchev–Trinajstić information content (AvgIpc) is 2.96. The van der Waals surface area contributed by atoms with Gasteiger partial charge in [-0.25, -0.2) is 4.98 Å². The van der Waals surface area contributed by atoms with E-state index in [0.29, 0.717) is 0 Å². The smallest absolute Gasteiger partial charge is 0.124 e. The molecule has 1 atom stereocenters. The number of benzene rings is 2. The summed E-state index contributed by atoms with van der Waals surface area (Å²) >= 11 is 6.05. The van der Waals surface area contributed by atoms with E-state index in [4.69, 9.17) is 16.6 Å². The Labute approximate surface area is 135 Å². The first-order chi connectivity index (χ1) is 10.7. The van der Waals surface area contributed by atoms with Gasteiger partial charge in [0.05, 0.1) is 17.1 Å². The van der Waals surface area contributed by atoms with Crippen LogP contribution in [-0.2, 0) is 6.54 Å². The topological polar surface area (TPSA) is 31.9 Å². The largest absolute Gasteiger partial charge is 0.341 e. The molecule has 0 aliphatic rings. The minimum atomic E-state index is 0.219. The highest BCUT2D eigenvalue weighted by molar-refractivity contribution is 6.31. The molecule has 1 heterocycles. The Kier molecular flexibility index (Phi) is 4.46. The van der Waals surface area contributed by atoms with Gasteiger partial charge in [-0.15, -0.1) is 0 Å². The van der Waals surface area contributed by atoms with E-state index in [1.165, 1.54) is 5.56 Å². The van der Waals surface area contributed by atoms with Crippen molar-refractivity contribution in [1.29, 1.82) is 0 Å². The summed E-state index contributed by atoms with van der Waals surface area (Å²) in [5.74, 6) is 0.982. The molecular weight excluding hydrogens is 294 g/mol. The normalized spacial score (nSPS) is 12.9. The maximum atomic E-state index is 6.05. The number of nitrogens with one attached hydrogen (secondary N) is 1. The number of aromatic nitrogens is 2. The molecule has 1 unspecified atom stereocenters. The van der Waals surface area contributed by atoms with Gasteiger partial charge in [0, 0.05) is 11.6 Å². The van der Waals surface area contributed by atoms with Gasteiger partial charge < -0.3 is 4.98 Å². The predicted molar refractivity (Wildman–Crippen MR) is 92.0 cm³/mol. The minimum Gasteiger partial charge on any atom is -0.341 e. The Morgan fingerprint density at radius 1 is 1.18 bits per heavy atom. The number of halogens is 1. The molecular formula is C18H20ClN3. The summed E-state index contributed by atoms with van der Waals surface area (Å²) in [7, 11) is 0. The summed E-state index contributed by atoms with van der Waals surface area (Å²) in [6.07, 6.45) is 0. The van der Waals surface area contributed by atoms with E-state index in [-0.39, 0.29) is 6.04 Å². The number of hydrogen-bond acceptors (Lipinski definition) is 2. The highest BCUT2D eigenvalue weighted by atomic mass is 35.5. The number of H-pyrrole nitrogens is 1. The van der Waals surface area contributed by atoms with Gasteiger partial charge in [-0.2, -0.15) is 0 Å². The molecule has 22 heavy (non-hydrogen) atoms. The average molecular weight is 314 g/mol. The molecule has 0 aliphatic carbocycles. The first kappa shape index (κ1) is 15.1. The van der Waals surface area contributed by atoms with E-state index >= 15 is 0 Å². The molecule has 114 valence electrons. The Balaban J connectivity index is 1.84. The third-order valence-corrected chi connectivity index (χ3v) is 4.28. The maximum absolute atomic E-state index is 6.05. The van der Waals surface area contributed by atoms with Gasteiger partial charge in [-0.1, -0.05) is 48.9 Å². The van der Waals surface area contributed by atoms with Crippen molar-refractivity contribution in [3.8, 4) is 0 Å². The van der Waals surface area contributed by atoms with Gasteiger partial charge >= 0.3 is 0 Å². The number of fused-ring (bicyclic) bond motifs is 1. The van der Waals surface area contributed by atoms with Crippen LogP contribution in [0, 0.1) is 0 Å². The standard InChI is InChI=1S/C18H20ClN3/c1-3-22(12-14-7-5-4-6-8-14)13(2)18-20-16-10-9-15(19)11-17(16)21-18/h4-11,13H,3,12H2,1-2H3,(H,20,21). The number of imidazole rings is 1. The SMILES string of the molecule is CCN(Cc1ccccc1)C(C)c1nc2ccc(Cl)cc2[nH]1. The molecule has 0 bridgehead atoms. The van der Waals surface area contributed by atoms with E-state index in [2.05, 4.69) is 48.0 Å². The molecule has 0 radical (unpaired) electrons. The van der Waals surface area contributed by atoms with Crippen LogP contribution < -0.4 is 0 Å². The zero-order chi connectivity index (χ0) is 15.5. The van der Waals surface area contributed by atoms with Crippen molar-refractivity contribution >= 4 is 22.6 Å². The fraction of sp³-hybridized carbons (Fsp3) is 0.278. The van der Waals surface area contributed by atoms with Gasteiger partial charge in [-0.3, -0.25) is 4.90 Å². The lowest BCUT2D eigenvalue weighted by Crippen LogP contribution is -2.27. The van der Waals surface area contributed by atoms with E-state index in [1.807, 2.05) is 24.3 Å². The van der Waals surface area contributed by atoms with Crippen LogP contribution in [-0.4, -0.2) is 21.4 Å². The van der Waals surface area contributed by atoms with Crippen LogP contribution in [0.3, 0.4) is 0 Å². The Hall–Kier alpha value is -1.84. The van der Waals surface area contributed by atoms with Crippen LogP contribution in [0.25, 0.3) is 11.0 Å². The minimum absolute atomic E-state index is 0.219. The van der Waals surface area contributed by atoms with E-state index in [9.17, 15) is 0 Å². The highest BCUT2D eigenvalue weighted by Crippen LogP contribution is 2.24. The Morgan fingerprint density at radius 2 is 1.95 bits per heavy atom. The lowest BCUT2D eigenvalue weighted by molar-refractivity contribution is 0.206. The van der Waals surface area contributed by atoms with Gasteiger partial charge in [0.25, 0.3) is 0 Å². The van der Waals surface area contributed by atoms with Crippen LogP contribution in [0.15, 0.2) is 48.5 Å². The van der Waals surface area contributed by atoms with Crippen LogP contribution in [0.2, 0.25) is 5.02 Å². The van der Waals surface area contributed by atoms with Crippen molar-refractivity contribution in [2.75, 3.05) is 6.54 Å². The highest BCUT2D eigenvalue weighted by Gasteiger charge is 2.18. The lowest BCUT2D eigenvalue weighted by Gasteiger charge is -2.26. The number of hydrogen-bond donors (Lipinski definition) is 1. The molecule has 0 amide bonds. The van der Waals surface area contributed by atoms with Gasteiger partial charge in [0.15, 0.2) is 0 Å². The van der Waals surface area contributed by atoms with Gasteiger partial charge in [0.1, 0.15) is 5.82 Å². The molecule has 0 saturated heterocycles. The molecule has 1 N–H and O–H groups in total. The zero-order valence-electron chi connectivity index (χ0n) is 12.9. The molecule has 3 nitrogen and oxygen atoms in total. The van der Waals surface area contributed by atoms with Crippen molar-refractivity contribution in [3.63, 3.8) is 0 Å². The number of nitrogens with zero attached hydrogens (tertiary/aromatic N) is 2. The third-order valence-electron chi connectivity index (χ3n) is 4.04. The van der Waals surface area contributed by atoms with Crippen molar-refractivity contribution in [3.05, 3.63) is 64.9 Å². The Bertz CT molecular complexity index is 751. The molecule has 0 spiro atoms. The summed E-state index contributed by atoms with van der Waals surface area (Å²) in [6, 6.07) is 16.5.